The van der Waals surface area contributed by atoms with E-state index in [2.05, 4.69) is 37.5 Å². The summed E-state index contributed by atoms with van der Waals surface area (Å²) in [5, 5.41) is 0. The topological polar surface area (TPSA) is 55.3 Å². The van der Waals surface area contributed by atoms with Gasteiger partial charge in [0.05, 0.1) is 29.0 Å². The van der Waals surface area contributed by atoms with Crippen molar-refractivity contribution in [3.05, 3.63) is 18.1 Å². The molecule has 1 aliphatic heterocycles. The molecule has 98 valence electrons. The molecule has 1 saturated heterocycles. The normalized spacial score (nSPS) is 23.8. The van der Waals surface area contributed by atoms with Gasteiger partial charge < -0.3 is 9.64 Å². The Bertz CT molecular complexity index is 441. The number of nitrogens with zero attached hydrogens (tertiary/aromatic N) is 3. The molecule has 0 radical (unpaired) electrons. The Labute approximate surface area is 120 Å². The number of aromatic nitrogens is 2. The molecule has 2 unspecified atom stereocenters. The number of halogens is 1. The van der Waals surface area contributed by atoms with Gasteiger partial charge in [-0.2, -0.15) is 0 Å². The highest BCUT2D eigenvalue weighted by molar-refractivity contribution is 14.1. The Kier molecular flexibility index (Phi) is 4.36. The number of piperidine rings is 1. The third kappa shape index (κ3) is 2.90. The van der Waals surface area contributed by atoms with Crippen molar-refractivity contribution in [3.63, 3.8) is 0 Å². The lowest BCUT2D eigenvalue weighted by molar-refractivity contribution is -0.146. The summed E-state index contributed by atoms with van der Waals surface area (Å²) in [5.41, 5.74) is 0.909. The minimum atomic E-state index is -0.105. The van der Waals surface area contributed by atoms with E-state index in [0.29, 0.717) is 0 Å². The monoisotopic (exact) mass is 361 g/mol. The smallest absolute Gasteiger partial charge is 0.308 e. The fourth-order valence-electron chi connectivity index (χ4n) is 2.14. The molecule has 0 aliphatic carbocycles. The molecular weight excluding hydrogens is 345 g/mol. The van der Waals surface area contributed by atoms with Crippen LogP contribution < -0.4 is 4.90 Å². The van der Waals surface area contributed by atoms with Gasteiger partial charge in [-0.3, -0.25) is 9.78 Å². The first-order valence-electron chi connectivity index (χ1n) is 5.89. The Morgan fingerprint density at radius 1 is 1.56 bits per heavy atom. The minimum Gasteiger partial charge on any atom is -0.469 e. The molecule has 0 bridgehead atoms. The first-order valence-corrected chi connectivity index (χ1v) is 7.13. The number of ether oxygens (including phenoxy) is 1. The van der Waals surface area contributed by atoms with E-state index in [4.69, 9.17) is 4.74 Å². The van der Waals surface area contributed by atoms with Gasteiger partial charge in [0.1, 0.15) is 5.82 Å². The summed E-state index contributed by atoms with van der Waals surface area (Å²) in [5.74, 6) is 0.787. The summed E-state index contributed by atoms with van der Waals surface area (Å²) in [6.45, 7) is 2.74. The lowest BCUT2D eigenvalue weighted by Gasteiger charge is -2.36. The van der Waals surface area contributed by atoms with Gasteiger partial charge in [0.25, 0.3) is 0 Å². The van der Waals surface area contributed by atoms with Crippen molar-refractivity contribution in [1.29, 1.82) is 0 Å². The van der Waals surface area contributed by atoms with E-state index in [1.54, 1.807) is 12.4 Å². The zero-order valence-corrected chi connectivity index (χ0v) is 12.6. The molecule has 5 nitrogen and oxygen atoms in total. The van der Waals surface area contributed by atoms with Crippen molar-refractivity contribution in [2.75, 3.05) is 18.6 Å². The first-order chi connectivity index (χ1) is 8.61. The van der Waals surface area contributed by atoms with Crippen LogP contribution in [0.15, 0.2) is 12.4 Å². The molecule has 2 heterocycles. The van der Waals surface area contributed by atoms with Crippen molar-refractivity contribution in [2.24, 2.45) is 5.92 Å². The fourth-order valence-corrected chi connectivity index (χ4v) is 3.32. The molecule has 0 aromatic carbocycles. The van der Waals surface area contributed by atoms with Crippen molar-refractivity contribution in [2.45, 2.75) is 23.8 Å². The van der Waals surface area contributed by atoms with Crippen LogP contribution in [0.2, 0.25) is 0 Å². The number of carbonyl (C=O) groups is 1. The zero-order valence-electron chi connectivity index (χ0n) is 10.5. The number of rotatable bonds is 2. The van der Waals surface area contributed by atoms with E-state index >= 15 is 0 Å². The number of alkyl halides is 1. The minimum absolute atomic E-state index is 0.00548. The van der Waals surface area contributed by atoms with Gasteiger partial charge in [-0.05, 0) is 19.8 Å². The van der Waals surface area contributed by atoms with Crippen LogP contribution in [0.5, 0.6) is 0 Å². The van der Waals surface area contributed by atoms with E-state index in [1.165, 1.54) is 7.11 Å². The van der Waals surface area contributed by atoms with Crippen LogP contribution in [-0.2, 0) is 9.53 Å². The van der Waals surface area contributed by atoms with Crippen LogP contribution in [0.4, 0.5) is 5.82 Å². The van der Waals surface area contributed by atoms with Crippen molar-refractivity contribution < 1.29 is 9.53 Å². The maximum atomic E-state index is 11.5. The van der Waals surface area contributed by atoms with E-state index in [9.17, 15) is 4.79 Å². The van der Waals surface area contributed by atoms with Crippen molar-refractivity contribution in [3.8, 4) is 0 Å². The summed E-state index contributed by atoms with van der Waals surface area (Å²) in [7, 11) is 1.45. The van der Waals surface area contributed by atoms with E-state index in [-0.39, 0.29) is 15.9 Å². The molecule has 18 heavy (non-hydrogen) atoms. The zero-order chi connectivity index (χ0) is 13.1. The predicted octanol–water partition coefficient (Wildman–Crippen LogP) is 1.94. The van der Waals surface area contributed by atoms with Crippen LogP contribution >= 0.6 is 22.6 Å². The molecular formula is C12H16IN3O2. The molecule has 0 amide bonds. The van der Waals surface area contributed by atoms with Crippen LogP contribution in [0, 0.1) is 12.8 Å². The summed E-state index contributed by atoms with van der Waals surface area (Å²) < 4.78 is 5.06. The quantitative estimate of drug-likeness (QED) is 0.349. The van der Waals surface area contributed by atoms with Crippen LogP contribution in [0.1, 0.15) is 18.5 Å². The number of carbonyl (C=O) groups excluding carboxylic acids is 1. The van der Waals surface area contributed by atoms with Gasteiger partial charge in [0.15, 0.2) is 0 Å². The third-order valence-corrected chi connectivity index (χ3v) is 4.29. The van der Waals surface area contributed by atoms with Crippen LogP contribution in [0.25, 0.3) is 0 Å². The van der Waals surface area contributed by atoms with Crippen molar-refractivity contribution >= 4 is 34.4 Å². The van der Waals surface area contributed by atoms with Gasteiger partial charge in [-0.15, -0.1) is 0 Å². The highest BCUT2D eigenvalue weighted by Gasteiger charge is 2.32. The van der Waals surface area contributed by atoms with E-state index < -0.39 is 0 Å². The fraction of sp³-hybridized carbons (Fsp3) is 0.583. The number of aryl methyl sites for hydroxylation is 1. The maximum absolute atomic E-state index is 11.5. The number of hydrogen-bond donors (Lipinski definition) is 0. The molecule has 0 N–H and O–H groups in total. The molecule has 1 fully saturated rings. The number of anilines is 1. The second-order valence-corrected chi connectivity index (χ2v) is 5.83. The maximum Gasteiger partial charge on any atom is 0.308 e. The molecule has 1 aromatic rings. The second-order valence-electron chi connectivity index (χ2n) is 4.39. The first kappa shape index (κ1) is 13.5. The molecule has 1 aromatic heterocycles. The Balaban J connectivity index is 2.08. The average molecular weight is 361 g/mol. The van der Waals surface area contributed by atoms with Crippen LogP contribution in [-0.4, -0.2) is 33.6 Å². The van der Waals surface area contributed by atoms with E-state index in [1.807, 2.05) is 6.92 Å². The van der Waals surface area contributed by atoms with Gasteiger partial charge in [-0.25, -0.2) is 4.98 Å². The predicted molar refractivity (Wildman–Crippen MR) is 76.7 cm³/mol. The molecule has 0 saturated carbocycles. The van der Waals surface area contributed by atoms with Gasteiger partial charge in [0, 0.05) is 12.7 Å². The third-order valence-electron chi connectivity index (χ3n) is 3.11. The average Bonchev–Trinajstić information content (AvgIpc) is 2.37. The standard InChI is InChI=1S/C12H16IN3O2/c1-8-6-14-7-11(15-8)16-4-3-9(5-10(16)13)12(17)18-2/h6-7,9-10H,3-5H2,1-2H3. The lowest BCUT2D eigenvalue weighted by atomic mass is 9.97. The molecule has 0 spiro atoms. The SMILES string of the molecule is COC(=O)C1CCN(c2cncc(C)n2)C(I)C1. The van der Waals surface area contributed by atoms with E-state index in [0.717, 1.165) is 30.9 Å². The Morgan fingerprint density at radius 2 is 2.33 bits per heavy atom. The van der Waals surface area contributed by atoms with Gasteiger partial charge in [0.2, 0.25) is 0 Å². The van der Waals surface area contributed by atoms with Crippen molar-refractivity contribution in [1.82, 2.24) is 9.97 Å². The van der Waals surface area contributed by atoms with Gasteiger partial charge in [-0.1, -0.05) is 22.6 Å². The molecule has 2 atom stereocenters. The lowest BCUT2D eigenvalue weighted by Crippen LogP contribution is -2.42. The Morgan fingerprint density at radius 3 is 2.94 bits per heavy atom. The summed E-state index contributed by atoms with van der Waals surface area (Å²) in [6.07, 6.45) is 5.12. The number of hydrogen-bond acceptors (Lipinski definition) is 5. The van der Waals surface area contributed by atoms with Gasteiger partial charge >= 0.3 is 5.97 Å². The molecule has 6 heteroatoms. The molecule has 1 aliphatic rings. The molecule has 2 rings (SSSR count). The summed E-state index contributed by atoms with van der Waals surface area (Å²) >= 11 is 2.35. The summed E-state index contributed by atoms with van der Waals surface area (Å²) in [6, 6.07) is 0. The summed E-state index contributed by atoms with van der Waals surface area (Å²) in [4.78, 5) is 22.4. The second kappa shape index (κ2) is 5.81. The highest BCUT2D eigenvalue weighted by atomic mass is 127. The van der Waals surface area contributed by atoms with Crippen LogP contribution in [0.3, 0.4) is 0 Å². The largest absolute Gasteiger partial charge is 0.469 e. The number of esters is 1. The number of methoxy groups -OCH3 is 1. The Hall–Kier alpha value is -0.920. The highest BCUT2D eigenvalue weighted by Crippen LogP contribution is 2.30.